The zero-order valence-corrected chi connectivity index (χ0v) is 11.3. The molecule has 1 heterocycles. The minimum absolute atomic E-state index is 0.129. The Labute approximate surface area is 117 Å². The van der Waals surface area contributed by atoms with Crippen molar-refractivity contribution >= 4 is 17.8 Å². The second-order valence-electron chi connectivity index (χ2n) is 4.64. The Bertz CT molecular complexity index is 525. The first-order valence-corrected chi connectivity index (χ1v) is 6.57. The van der Waals surface area contributed by atoms with E-state index in [1.54, 1.807) is 0 Å². The maximum Gasteiger partial charge on any atom is 0.343 e. The highest BCUT2D eigenvalue weighted by atomic mass is 16.2. The summed E-state index contributed by atoms with van der Waals surface area (Å²) >= 11 is 0. The molecule has 2 rings (SSSR count). The van der Waals surface area contributed by atoms with Gasteiger partial charge in [0.05, 0.1) is 0 Å². The lowest BCUT2D eigenvalue weighted by Gasteiger charge is -2.14. The fraction of sp³-hybridized carbons (Fsp3) is 0.357. The summed E-state index contributed by atoms with van der Waals surface area (Å²) in [5, 5.41) is 3.08. The number of benzene rings is 1. The molecule has 1 aliphatic rings. The molecule has 0 spiro atoms. The highest BCUT2D eigenvalue weighted by Crippen LogP contribution is 2.07. The number of amides is 4. The van der Waals surface area contributed by atoms with E-state index in [9.17, 15) is 14.4 Å². The summed E-state index contributed by atoms with van der Waals surface area (Å²) in [4.78, 5) is 33.9. The van der Waals surface area contributed by atoms with E-state index in [1.807, 2.05) is 24.3 Å². The molecule has 0 bridgehead atoms. The minimum Gasteiger partial charge on any atom is -0.275 e. The fourth-order valence-corrected chi connectivity index (χ4v) is 1.94. The minimum atomic E-state index is -0.587. The SMILES string of the molecule is CCc1ccc(CCC(=O)NN2CC(=O)NC2=O)cc1. The Morgan fingerprint density at radius 1 is 1.25 bits per heavy atom. The number of hydrogen-bond acceptors (Lipinski definition) is 3. The number of hydrazine groups is 1. The fourth-order valence-electron chi connectivity index (χ4n) is 1.94. The second kappa shape index (κ2) is 6.18. The van der Waals surface area contributed by atoms with Crippen LogP contribution in [-0.4, -0.2) is 29.4 Å². The van der Waals surface area contributed by atoms with E-state index < -0.39 is 11.9 Å². The molecule has 2 N–H and O–H groups in total. The van der Waals surface area contributed by atoms with Gasteiger partial charge in [0, 0.05) is 6.42 Å². The molecule has 6 heteroatoms. The molecule has 1 aromatic rings. The van der Waals surface area contributed by atoms with E-state index in [0.29, 0.717) is 6.42 Å². The maximum atomic E-state index is 11.7. The van der Waals surface area contributed by atoms with Crippen molar-refractivity contribution in [3.05, 3.63) is 35.4 Å². The van der Waals surface area contributed by atoms with Gasteiger partial charge in [-0.2, -0.15) is 0 Å². The number of aryl methyl sites for hydroxylation is 2. The van der Waals surface area contributed by atoms with E-state index in [2.05, 4.69) is 17.7 Å². The smallest absolute Gasteiger partial charge is 0.275 e. The zero-order chi connectivity index (χ0) is 14.5. The van der Waals surface area contributed by atoms with Crippen molar-refractivity contribution in [1.82, 2.24) is 15.8 Å². The third-order valence-electron chi connectivity index (χ3n) is 3.12. The van der Waals surface area contributed by atoms with Crippen LogP contribution in [0.25, 0.3) is 0 Å². The van der Waals surface area contributed by atoms with Gasteiger partial charge in [0.15, 0.2) is 0 Å². The lowest BCUT2D eigenvalue weighted by molar-refractivity contribution is -0.125. The third-order valence-corrected chi connectivity index (χ3v) is 3.12. The number of urea groups is 1. The number of imide groups is 1. The van der Waals surface area contributed by atoms with Crippen LogP contribution in [0.5, 0.6) is 0 Å². The van der Waals surface area contributed by atoms with Crippen LogP contribution >= 0.6 is 0 Å². The van der Waals surface area contributed by atoms with Crippen molar-refractivity contribution in [1.29, 1.82) is 0 Å². The maximum absolute atomic E-state index is 11.7. The summed E-state index contributed by atoms with van der Waals surface area (Å²) in [5.74, 6) is -0.695. The van der Waals surface area contributed by atoms with Gasteiger partial charge < -0.3 is 0 Å². The first-order chi connectivity index (χ1) is 9.58. The van der Waals surface area contributed by atoms with Crippen LogP contribution < -0.4 is 10.7 Å². The average molecular weight is 275 g/mol. The number of hydrogen-bond donors (Lipinski definition) is 2. The van der Waals surface area contributed by atoms with Gasteiger partial charge >= 0.3 is 6.03 Å². The Balaban J connectivity index is 1.80. The Morgan fingerprint density at radius 2 is 1.90 bits per heavy atom. The van der Waals surface area contributed by atoms with Gasteiger partial charge in [-0.25, -0.2) is 9.80 Å². The lowest BCUT2D eigenvalue weighted by Crippen LogP contribution is -2.44. The van der Waals surface area contributed by atoms with Gasteiger partial charge in [-0.1, -0.05) is 31.2 Å². The number of nitrogens with zero attached hydrogens (tertiary/aromatic N) is 1. The molecule has 1 fully saturated rings. The van der Waals surface area contributed by atoms with E-state index in [0.717, 1.165) is 17.0 Å². The monoisotopic (exact) mass is 275 g/mol. The molecule has 4 amide bonds. The van der Waals surface area contributed by atoms with E-state index in [4.69, 9.17) is 0 Å². The molecule has 1 aromatic carbocycles. The molecule has 0 atom stereocenters. The van der Waals surface area contributed by atoms with Crippen LogP contribution in [0.4, 0.5) is 4.79 Å². The van der Waals surface area contributed by atoms with E-state index >= 15 is 0 Å². The summed E-state index contributed by atoms with van der Waals surface area (Å²) in [6, 6.07) is 7.49. The normalized spacial score (nSPS) is 14.3. The van der Waals surface area contributed by atoms with Crippen molar-refractivity contribution in [3.8, 4) is 0 Å². The van der Waals surface area contributed by atoms with E-state index in [-0.39, 0.29) is 18.9 Å². The van der Waals surface area contributed by atoms with Gasteiger partial charge in [-0.15, -0.1) is 0 Å². The molecule has 0 aliphatic carbocycles. The highest BCUT2D eigenvalue weighted by molar-refractivity contribution is 6.02. The van der Waals surface area contributed by atoms with Crippen molar-refractivity contribution in [2.24, 2.45) is 0 Å². The second-order valence-corrected chi connectivity index (χ2v) is 4.64. The standard InChI is InChI=1S/C14H17N3O3/c1-2-10-3-5-11(6-4-10)7-8-12(18)16-17-9-13(19)15-14(17)20/h3-6H,2,7-9H2,1H3,(H,16,18)(H,15,19,20). The van der Waals surface area contributed by atoms with Crippen LogP contribution in [0.1, 0.15) is 24.5 Å². The quantitative estimate of drug-likeness (QED) is 0.779. The first kappa shape index (κ1) is 14.0. The zero-order valence-electron chi connectivity index (χ0n) is 11.3. The first-order valence-electron chi connectivity index (χ1n) is 6.57. The van der Waals surface area contributed by atoms with Crippen molar-refractivity contribution < 1.29 is 14.4 Å². The summed E-state index contributed by atoms with van der Waals surface area (Å²) in [7, 11) is 0. The Morgan fingerprint density at radius 3 is 2.45 bits per heavy atom. The molecule has 0 aromatic heterocycles. The van der Waals surface area contributed by atoms with Gasteiger partial charge in [-0.05, 0) is 24.0 Å². The molecule has 1 aliphatic heterocycles. The van der Waals surface area contributed by atoms with Gasteiger partial charge in [0.1, 0.15) is 6.54 Å². The third kappa shape index (κ3) is 3.57. The number of nitrogens with one attached hydrogen (secondary N) is 2. The summed E-state index contributed by atoms with van der Waals surface area (Å²) in [6.07, 6.45) is 1.85. The van der Waals surface area contributed by atoms with Gasteiger partial charge in [-0.3, -0.25) is 20.3 Å². The Kier molecular flexibility index (Phi) is 4.34. The van der Waals surface area contributed by atoms with Gasteiger partial charge in [0.2, 0.25) is 11.8 Å². The van der Waals surface area contributed by atoms with Crippen LogP contribution in [-0.2, 0) is 22.4 Å². The van der Waals surface area contributed by atoms with Crippen molar-refractivity contribution in [2.75, 3.05) is 6.54 Å². The molecule has 0 saturated carbocycles. The van der Waals surface area contributed by atoms with Crippen LogP contribution in [0.3, 0.4) is 0 Å². The van der Waals surface area contributed by atoms with Crippen molar-refractivity contribution in [2.45, 2.75) is 26.2 Å². The summed E-state index contributed by atoms with van der Waals surface area (Å²) < 4.78 is 0. The molecule has 6 nitrogen and oxygen atoms in total. The highest BCUT2D eigenvalue weighted by Gasteiger charge is 2.27. The van der Waals surface area contributed by atoms with Crippen LogP contribution in [0.15, 0.2) is 24.3 Å². The van der Waals surface area contributed by atoms with Crippen molar-refractivity contribution in [3.63, 3.8) is 0 Å². The predicted octanol–water partition coefficient (Wildman–Crippen LogP) is 0.765. The lowest BCUT2D eigenvalue weighted by atomic mass is 10.1. The molecule has 0 radical (unpaired) electrons. The molecule has 20 heavy (non-hydrogen) atoms. The predicted molar refractivity (Wildman–Crippen MR) is 72.5 cm³/mol. The molecular formula is C14H17N3O3. The number of rotatable bonds is 5. The van der Waals surface area contributed by atoms with Crippen LogP contribution in [0, 0.1) is 0 Å². The largest absolute Gasteiger partial charge is 0.343 e. The number of carbonyl (C=O) groups is 3. The molecule has 1 saturated heterocycles. The molecule has 0 unspecified atom stereocenters. The van der Waals surface area contributed by atoms with E-state index in [1.165, 1.54) is 5.56 Å². The number of carbonyl (C=O) groups excluding carboxylic acids is 3. The summed E-state index contributed by atoms with van der Waals surface area (Å²) in [5.41, 5.74) is 4.74. The molecule has 106 valence electrons. The summed E-state index contributed by atoms with van der Waals surface area (Å²) in [6.45, 7) is 1.96. The average Bonchev–Trinajstić information content (AvgIpc) is 2.75. The van der Waals surface area contributed by atoms with Gasteiger partial charge in [0.25, 0.3) is 0 Å². The van der Waals surface area contributed by atoms with Crippen LogP contribution in [0.2, 0.25) is 0 Å². The Hall–Kier alpha value is -2.37. The topological polar surface area (TPSA) is 78.5 Å². The molecular weight excluding hydrogens is 258 g/mol.